The third-order valence-corrected chi connectivity index (χ3v) is 2.94. The van der Waals surface area contributed by atoms with E-state index in [1.54, 1.807) is 19.0 Å². The van der Waals surface area contributed by atoms with Gasteiger partial charge >= 0.3 is 12.0 Å². The van der Waals surface area contributed by atoms with Crippen molar-refractivity contribution in [3.05, 3.63) is 0 Å². The second kappa shape index (κ2) is 7.20. The number of aliphatic carboxylic acids is 1. The Balaban J connectivity index is 2.11. The molecule has 0 bridgehead atoms. The zero-order valence-corrected chi connectivity index (χ0v) is 11.1. The van der Waals surface area contributed by atoms with Crippen LogP contribution in [0.15, 0.2) is 0 Å². The standard InChI is InChI=1S/C12H22N2O4/c1-13(6-5-11(15)16)12(17)14(2)7-8-18-9-10-3-4-10/h10H,3-9H2,1-2H3,(H,15,16). The molecule has 6 nitrogen and oxygen atoms in total. The van der Waals surface area contributed by atoms with Gasteiger partial charge in [0.25, 0.3) is 0 Å². The monoisotopic (exact) mass is 258 g/mol. The summed E-state index contributed by atoms with van der Waals surface area (Å²) in [6.45, 7) is 2.08. The van der Waals surface area contributed by atoms with Crippen LogP contribution in [0.4, 0.5) is 4.79 Å². The molecule has 0 aromatic heterocycles. The molecule has 0 spiro atoms. The number of likely N-dealkylation sites (N-methyl/N-ethyl adjacent to an activating group) is 1. The highest BCUT2D eigenvalue weighted by Gasteiger charge is 2.21. The second-order valence-corrected chi connectivity index (χ2v) is 4.79. The van der Waals surface area contributed by atoms with Crippen molar-refractivity contribution in [3.8, 4) is 0 Å². The zero-order chi connectivity index (χ0) is 13.5. The predicted octanol–water partition coefficient (Wildman–Crippen LogP) is 0.871. The number of hydrogen-bond donors (Lipinski definition) is 1. The van der Waals surface area contributed by atoms with Gasteiger partial charge in [0.1, 0.15) is 0 Å². The van der Waals surface area contributed by atoms with Crippen LogP contribution in [0.25, 0.3) is 0 Å². The number of carboxylic acid groups (broad SMARTS) is 1. The molecule has 104 valence electrons. The Morgan fingerprint density at radius 3 is 2.39 bits per heavy atom. The van der Waals surface area contributed by atoms with Crippen molar-refractivity contribution in [2.24, 2.45) is 5.92 Å². The summed E-state index contributed by atoms with van der Waals surface area (Å²) in [5.41, 5.74) is 0. The van der Waals surface area contributed by atoms with Gasteiger partial charge in [-0.25, -0.2) is 4.79 Å². The predicted molar refractivity (Wildman–Crippen MR) is 66.5 cm³/mol. The Hall–Kier alpha value is -1.30. The fourth-order valence-electron chi connectivity index (χ4n) is 1.48. The Kier molecular flexibility index (Phi) is 5.91. The van der Waals surface area contributed by atoms with E-state index in [0.29, 0.717) is 13.2 Å². The van der Waals surface area contributed by atoms with Crippen molar-refractivity contribution in [1.29, 1.82) is 0 Å². The lowest BCUT2D eigenvalue weighted by Gasteiger charge is -2.24. The van der Waals surface area contributed by atoms with Crippen molar-refractivity contribution in [3.63, 3.8) is 0 Å². The molecule has 0 atom stereocenters. The Morgan fingerprint density at radius 2 is 1.83 bits per heavy atom. The van der Waals surface area contributed by atoms with E-state index in [4.69, 9.17) is 9.84 Å². The van der Waals surface area contributed by atoms with E-state index in [-0.39, 0.29) is 19.0 Å². The molecule has 1 rings (SSSR count). The van der Waals surface area contributed by atoms with Gasteiger partial charge in [-0.15, -0.1) is 0 Å². The molecular formula is C12H22N2O4. The molecule has 1 aliphatic carbocycles. The summed E-state index contributed by atoms with van der Waals surface area (Å²) in [5.74, 6) is -0.172. The van der Waals surface area contributed by atoms with Crippen LogP contribution in [0.1, 0.15) is 19.3 Å². The van der Waals surface area contributed by atoms with Crippen molar-refractivity contribution in [2.45, 2.75) is 19.3 Å². The van der Waals surface area contributed by atoms with Gasteiger partial charge in [0.15, 0.2) is 0 Å². The minimum absolute atomic E-state index is 0.0335. The van der Waals surface area contributed by atoms with Crippen molar-refractivity contribution in [2.75, 3.05) is 40.4 Å². The average molecular weight is 258 g/mol. The van der Waals surface area contributed by atoms with Gasteiger partial charge in [-0.3, -0.25) is 4.79 Å². The van der Waals surface area contributed by atoms with E-state index in [0.717, 1.165) is 12.5 Å². The summed E-state index contributed by atoms with van der Waals surface area (Å²) < 4.78 is 5.45. The van der Waals surface area contributed by atoms with Crippen LogP contribution in [-0.4, -0.2) is 67.3 Å². The maximum atomic E-state index is 11.8. The van der Waals surface area contributed by atoms with Crippen LogP contribution >= 0.6 is 0 Å². The fourth-order valence-corrected chi connectivity index (χ4v) is 1.48. The second-order valence-electron chi connectivity index (χ2n) is 4.79. The van der Waals surface area contributed by atoms with Gasteiger partial charge < -0.3 is 19.6 Å². The zero-order valence-electron chi connectivity index (χ0n) is 11.1. The molecule has 18 heavy (non-hydrogen) atoms. The third kappa shape index (κ3) is 5.86. The average Bonchev–Trinajstić information content (AvgIpc) is 3.14. The van der Waals surface area contributed by atoms with E-state index >= 15 is 0 Å². The largest absolute Gasteiger partial charge is 0.481 e. The van der Waals surface area contributed by atoms with Gasteiger partial charge in [0.2, 0.25) is 0 Å². The number of amides is 2. The lowest BCUT2D eigenvalue weighted by Crippen LogP contribution is -2.41. The number of nitrogens with zero attached hydrogens (tertiary/aromatic N) is 2. The Bertz CT molecular complexity index is 292. The molecule has 0 heterocycles. The number of carbonyl (C=O) groups is 2. The molecule has 1 aliphatic rings. The molecular weight excluding hydrogens is 236 g/mol. The van der Waals surface area contributed by atoms with Crippen LogP contribution < -0.4 is 0 Å². The normalized spacial score (nSPS) is 14.3. The van der Waals surface area contributed by atoms with Gasteiger partial charge in [-0.05, 0) is 18.8 Å². The van der Waals surface area contributed by atoms with Crippen LogP contribution in [0.3, 0.4) is 0 Å². The summed E-state index contributed by atoms with van der Waals surface area (Å²) in [5, 5.41) is 8.54. The van der Waals surface area contributed by atoms with Gasteiger partial charge in [-0.1, -0.05) is 0 Å². The first-order valence-corrected chi connectivity index (χ1v) is 6.26. The van der Waals surface area contributed by atoms with Crippen molar-refractivity contribution >= 4 is 12.0 Å². The fraction of sp³-hybridized carbons (Fsp3) is 0.833. The van der Waals surface area contributed by atoms with Crippen LogP contribution in [-0.2, 0) is 9.53 Å². The maximum Gasteiger partial charge on any atom is 0.319 e. The number of hydrogen-bond acceptors (Lipinski definition) is 3. The van der Waals surface area contributed by atoms with Crippen molar-refractivity contribution < 1.29 is 19.4 Å². The quantitative estimate of drug-likeness (QED) is 0.656. The van der Waals surface area contributed by atoms with Crippen LogP contribution in [0.5, 0.6) is 0 Å². The molecule has 1 N–H and O–H groups in total. The van der Waals surface area contributed by atoms with E-state index in [9.17, 15) is 9.59 Å². The summed E-state index contributed by atoms with van der Waals surface area (Å²) in [4.78, 5) is 25.2. The summed E-state index contributed by atoms with van der Waals surface area (Å²) in [7, 11) is 3.30. The smallest absolute Gasteiger partial charge is 0.319 e. The third-order valence-electron chi connectivity index (χ3n) is 2.94. The van der Waals surface area contributed by atoms with Crippen molar-refractivity contribution in [1.82, 2.24) is 9.80 Å². The van der Waals surface area contributed by atoms with Gasteiger partial charge in [0.05, 0.1) is 13.0 Å². The maximum absolute atomic E-state index is 11.8. The highest BCUT2D eigenvalue weighted by molar-refractivity contribution is 5.74. The lowest BCUT2D eigenvalue weighted by molar-refractivity contribution is -0.137. The van der Waals surface area contributed by atoms with Gasteiger partial charge in [0, 0.05) is 33.8 Å². The van der Waals surface area contributed by atoms with E-state index in [2.05, 4.69) is 0 Å². The molecule has 0 saturated heterocycles. The van der Waals surface area contributed by atoms with E-state index in [1.165, 1.54) is 17.7 Å². The van der Waals surface area contributed by atoms with E-state index < -0.39 is 5.97 Å². The minimum atomic E-state index is -0.898. The molecule has 0 aliphatic heterocycles. The molecule has 0 unspecified atom stereocenters. The first-order chi connectivity index (χ1) is 8.50. The molecule has 0 aromatic carbocycles. The number of ether oxygens (including phenoxy) is 1. The lowest BCUT2D eigenvalue weighted by atomic mass is 10.4. The molecule has 2 amide bonds. The molecule has 0 radical (unpaired) electrons. The van der Waals surface area contributed by atoms with Crippen LogP contribution in [0, 0.1) is 5.92 Å². The molecule has 0 aromatic rings. The molecule has 1 saturated carbocycles. The number of urea groups is 1. The Morgan fingerprint density at radius 1 is 1.22 bits per heavy atom. The Labute approximate surface area is 107 Å². The number of carbonyl (C=O) groups excluding carboxylic acids is 1. The first kappa shape index (κ1) is 14.8. The number of carboxylic acids is 1. The van der Waals surface area contributed by atoms with Gasteiger partial charge in [-0.2, -0.15) is 0 Å². The number of rotatable bonds is 8. The first-order valence-electron chi connectivity index (χ1n) is 6.26. The summed E-state index contributed by atoms with van der Waals surface area (Å²) >= 11 is 0. The highest BCUT2D eigenvalue weighted by Crippen LogP contribution is 2.28. The van der Waals surface area contributed by atoms with E-state index in [1.807, 2.05) is 0 Å². The topological polar surface area (TPSA) is 70.1 Å². The molecule has 6 heteroatoms. The summed E-state index contributed by atoms with van der Waals surface area (Å²) in [6, 6.07) is -0.175. The molecule has 1 fully saturated rings. The van der Waals surface area contributed by atoms with Crippen LogP contribution in [0.2, 0.25) is 0 Å². The SMILES string of the molecule is CN(CCOCC1CC1)C(=O)N(C)CCC(=O)O. The highest BCUT2D eigenvalue weighted by atomic mass is 16.5. The summed E-state index contributed by atoms with van der Waals surface area (Å²) in [6.07, 6.45) is 2.48. The minimum Gasteiger partial charge on any atom is -0.481 e.